The minimum Gasteiger partial charge on any atom is -0.349 e. The Balaban J connectivity index is 2.85. The SMILES string of the molecule is CCC(C)N(C)CC(=O)c1cc(C)n(CC)c1C. The van der Waals surface area contributed by atoms with Crippen LogP contribution in [0.3, 0.4) is 0 Å². The smallest absolute Gasteiger partial charge is 0.178 e. The highest BCUT2D eigenvalue weighted by atomic mass is 16.1. The van der Waals surface area contributed by atoms with E-state index in [0.29, 0.717) is 12.6 Å². The van der Waals surface area contributed by atoms with Gasteiger partial charge in [0.25, 0.3) is 0 Å². The maximum Gasteiger partial charge on any atom is 0.178 e. The molecule has 1 aromatic heterocycles. The van der Waals surface area contributed by atoms with E-state index in [0.717, 1.165) is 24.2 Å². The molecule has 1 unspecified atom stereocenters. The number of Topliss-reactive ketones (excluding diaryl/α,β-unsaturated/α-hetero) is 1. The van der Waals surface area contributed by atoms with Gasteiger partial charge in [-0.15, -0.1) is 0 Å². The van der Waals surface area contributed by atoms with Crippen molar-refractivity contribution in [2.45, 2.75) is 53.6 Å². The highest BCUT2D eigenvalue weighted by Gasteiger charge is 2.18. The zero-order valence-corrected chi connectivity index (χ0v) is 12.6. The molecule has 3 nitrogen and oxygen atoms in total. The van der Waals surface area contributed by atoms with Gasteiger partial charge < -0.3 is 4.57 Å². The van der Waals surface area contributed by atoms with Crippen molar-refractivity contribution in [3.05, 3.63) is 23.0 Å². The quantitative estimate of drug-likeness (QED) is 0.725. The van der Waals surface area contributed by atoms with E-state index in [9.17, 15) is 4.79 Å². The summed E-state index contributed by atoms with van der Waals surface area (Å²) in [5.41, 5.74) is 3.14. The van der Waals surface area contributed by atoms with Crippen LogP contribution in [0.15, 0.2) is 6.07 Å². The fourth-order valence-corrected chi connectivity index (χ4v) is 2.35. The molecule has 0 saturated carbocycles. The Morgan fingerprint density at radius 3 is 2.44 bits per heavy atom. The molecule has 0 aromatic carbocycles. The molecule has 1 rings (SSSR count). The predicted molar refractivity (Wildman–Crippen MR) is 76.3 cm³/mol. The maximum absolute atomic E-state index is 12.3. The topological polar surface area (TPSA) is 25.2 Å². The molecule has 3 heteroatoms. The zero-order chi connectivity index (χ0) is 13.9. The molecule has 0 radical (unpaired) electrons. The predicted octanol–water partition coefficient (Wildman–Crippen LogP) is 3.04. The Kier molecular flexibility index (Phi) is 5.15. The van der Waals surface area contributed by atoms with Crippen LogP contribution in [0.1, 0.15) is 48.9 Å². The van der Waals surface area contributed by atoms with Crippen LogP contribution in [-0.4, -0.2) is 34.9 Å². The molecule has 1 aromatic rings. The van der Waals surface area contributed by atoms with Crippen LogP contribution in [-0.2, 0) is 6.54 Å². The molecular weight excluding hydrogens is 224 g/mol. The average molecular weight is 250 g/mol. The molecule has 0 bridgehead atoms. The van der Waals surface area contributed by atoms with E-state index in [1.807, 2.05) is 20.0 Å². The fourth-order valence-electron chi connectivity index (χ4n) is 2.35. The Bertz CT molecular complexity index is 420. The standard InChI is InChI=1S/C15H26N2O/c1-7-11(3)16(6)10-15(18)14-9-12(4)17(8-2)13(14)5/h9,11H,7-8,10H2,1-6H3. The highest BCUT2D eigenvalue weighted by molar-refractivity contribution is 5.99. The monoisotopic (exact) mass is 250 g/mol. The van der Waals surface area contributed by atoms with Gasteiger partial charge in [-0.05, 0) is 47.2 Å². The second-order valence-corrected chi connectivity index (χ2v) is 5.12. The minimum atomic E-state index is 0.227. The van der Waals surface area contributed by atoms with Crippen molar-refractivity contribution < 1.29 is 4.79 Å². The van der Waals surface area contributed by atoms with Crippen LogP contribution < -0.4 is 0 Å². The van der Waals surface area contributed by atoms with Gasteiger partial charge in [-0.25, -0.2) is 0 Å². The number of hydrogen-bond acceptors (Lipinski definition) is 2. The van der Waals surface area contributed by atoms with Gasteiger partial charge in [0, 0.05) is 29.5 Å². The lowest BCUT2D eigenvalue weighted by molar-refractivity contribution is 0.0922. The first-order valence-electron chi connectivity index (χ1n) is 6.82. The molecule has 0 amide bonds. The van der Waals surface area contributed by atoms with Crippen molar-refractivity contribution in [3.8, 4) is 0 Å². The Morgan fingerprint density at radius 2 is 2.00 bits per heavy atom. The van der Waals surface area contributed by atoms with E-state index in [-0.39, 0.29) is 5.78 Å². The van der Waals surface area contributed by atoms with E-state index in [2.05, 4.69) is 37.2 Å². The van der Waals surface area contributed by atoms with Crippen LogP contribution in [0.2, 0.25) is 0 Å². The molecule has 0 spiro atoms. The first-order valence-corrected chi connectivity index (χ1v) is 6.82. The van der Waals surface area contributed by atoms with E-state index in [4.69, 9.17) is 0 Å². The lowest BCUT2D eigenvalue weighted by atomic mass is 10.1. The van der Waals surface area contributed by atoms with Gasteiger partial charge in [0.05, 0.1) is 6.54 Å². The molecule has 0 aliphatic rings. The van der Waals surface area contributed by atoms with E-state index in [1.54, 1.807) is 0 Å². The Morgan fingerprint density at radius 1 is 1.39 bits per heavy atom. The number of ketones is 1. The summed E-state index contributed by atoms with van der Waals surface area (Å²) in [7, 11) is 2.02. The van der Waals surface area contributed by atoms with Crippen LogP contribution in [0.4, 0.5) is 0 Å². The maximum atomic E-state index is 12.3. The molecule has 0 aliphatic heterocycles. The van der Waals surface area contributed by atoms with Crippen molar-refractivity contribution in [1.29, 1.82) is 0 Å². The van der Waals surface area contributed by atoms with Crippen LogP contribution in [0, 0.1) is 13.8 Å². The van der Waals surface area contributed by atoms with Gasteiger partial charge in [-0.2, -0.15) is 0 Å². The second-order valence-electron chi connectivity index (χ2n) is 5.12. The normalized spacial score (nSPS) is 13.1. The largest absolute Gasteiger partial charge is 0.349 e. The number of aromatic nitrogens is 1. The number of carbonyl (C=O) groups is 1. The second kappa shape index (κ2) is 6.19. The Labute approximate surface area is 111 Å². The van der Waals surface area contributed by atoms with Gasteiger partial charge in [0.1, 0.15) is 0 Å². The highest BCUT2D eigenvalue weighted by Crippen LogP contribution is 2.16. The lowest BCUT2D eigenvalue weighted by Gasteiger charge is -2.22. The molecular formula is C15H26N2O. The summed E-state index contributed by atoms with van der Waals surface area (Å²) in [5, 5.41) is 0. The molecule has 1 atom stereocenters. The third kappa shape index (κ3) is 3.02. The van der Waals surface area contributed by atoms with Crippen LogP contribution >= 0.6 is 0 Å². The fraction of sp³-hybridized carbons (Fsp3) is 0.667. The third-order valence-corrected chi connectivity index (χ3v) is 3.93. The summed E-state index contributed by atoms with van der Waals surface area (Å²) >= 11 is 0. The molecule has 18 heavy (non-hydrogen) atoms. The number of hydrogen-bond donors (Lipinski definition) is 0. The number of aryl methyl sites for hydroxylation is 1. The van der Waals surface area contributed by atoms with Gasteiger partial charge in [0.15, 0.2) is 5.78 Å². The Hall–Kier alpha value is -1.09. The van der Waals surface area contributed by atoms with Gasteiger partial charge in [0.2, 0.25) is 0 Å². The van der Waals surface area contributed by atoms with Crippen molar-refractivity contribution in [2.24, 2.45) is 0 Å². The first kappa shape index (κ1) is 15.0. The summed E-state index contributed by atoms with van der Waals surface area (Å²) in [6.07, 6.45) is 1.07. The summed E-state index contributed by atoms with van der Waals surface area (Å²) in [5.74, 6) is 0.227. The van der Waals surface area contributed by atoms with Crippen molar-refractivity contribution in [3.63, 3.8) is 0 Å². The summed E-state index contributed by atoms with van der Waals surface area (Å²) in [6, 6.07) is 2.47. The van der Waals surface area contributed by atoms with Crippen molar-refractivity contribution >= 4 is 5.78 Å². The van der Waals surface area contributed by atoms with E-state index < -0.39 is 0 Å². The molecule has 0 fully saturated rings. The molecule has 102 valence electrons. The molecule has 1 heterocycles. The number of likely N-dealkylation sites (N-methyl/N-ethyl adjacent to an activating group) is 1. The van der Waals surface area contributed by atoms with Gasteiger partial charge in [-0.3, -0.25) is 9.69 Å². The van der Waals surface area contributed by atoms with Gasteiger partial charge in [-0.1, -0.05) is 6.92 Å². The van der Waals surface area contributed by atoms with E-state index in [1.165, 1.54) is 5.69 Å². The summed E-state index contributed by atoms with van der Waals surface area (Å²) in [6.45, 7) is 11.9. The molecule has 0 N–H and O–H groups in total. The first-order chi connectivity index (χ1) is 8.42. The summed E-state index contributed by atoms with van der Waals surface area (Å²) < 4.78 is 2.19. The number of carbonyl (C=O) groups excluding carboxylic acids is 1. The lowest BCUT2D eigenvalue weighted by Crippen LogP contribution is -2.33. The summed E-state index contributed by atoms with van der Waals surface area (Å²) in [4.78, 5) is 14.4. The van der Waals surface area contributed by atoms with Crippen LogP contribution in [0.25, 0.3) is 0 Å². The number of nitrogens with zero attached hydrogens (tertiary/aromatic N) is 2. The zero-order valence-electron chi connectivity index (χ0n) is 12.6. The van der Waals surface area contributed by atoms with Gasteiger partial charge >= 0.3 is 0 Å². The van der Waals surface area contributed by atoms with E-state index >= 15 is 0 Å². The third-order valence-electron chi connectivity index (χ3n) is 3.93. The number of rotatable bonds is 6. The molecule has 0 saturated heterocycles. The van der Waals surface area contributed by atoms with Crippen molar-refractivity contribution in [1.82, 2.24) is 9.47 Å². The van der Waals surface area contributed by atoms with Crippen molar-refractivity contribution in [2.75, 3.05) is 13.6 Å². The molecule has 0 aliphatic carbocycles. The average Bonchev–Trinajstić information content (AvgIpc) is 2.63. The van der Waals surface area contributed by atoms with Crippen LogP contribution in [0.5, 0.6) is 0 Å². The minimum absolute atomic E-state index is 0.227.